The summed E-state index contributed by atoms with van der Waals surface area (Å²) in [6, 6.07) is 11.1. The zero-order valence-corrected chi connectivity index (χ0v) is 13.9. The van der Waals surface area contributed by atoms with Crippen molar-refractivity contribution in [2.75, 3.05) is 25.8 Å². The van der Waals surface area contributed by atoms with Crippen molar-refractivity contribution in [3.8, 4) is 11.5 Å². The Labute approximate surface area is 134 Å². The van der Waals surface area contributed by atoms with Gasteiger partial charge in [-0.15, -0.1) is 11.8 Å². The van der Waals surface area contributed by atoms with Gasteiger partial charge in [0, 0.05) is 22.2 Å². The van der Waals surface area contributed by atoms with Gasteiger partial charge in [0.25, 0.3) is 5.91 Å². The summed E-state index contributed by atoms with van der Waals surface area (Å²) >= 11 is 1.61. The van der Waals surface area contributed by atoms with Gasteiger partial charge < -0.3 is 14.8 Å². The van der Waals surface area contributed by atoms with Gasteiger partial charge in [-0.3, -0.25) is 4.79 Å². The number of anilines is 1. The number of ether oxygens (including phenoxy) is 2. The Morgan fingerprint density at radius 3 is 2.41 bits per heavy atom. The van der Waals surface area contributed by atoms with E-state index in [-0.39, 0.29) is 5.91 Å². The van der Waals surface area contributed by atoms with E-state index in [1.807, 2.05) is 31.4 Å². The molecule has 0 aliphatic carbocycles. The van der Waals surface area contributed by atoms with E-state index < -0.39 is 0 Å². The minimum absolute atomic E-state index is 0.138. The van der Waals surface area contributed by atoms with Crippen molar-refractivity contribution in [3.63, 3.8) is 0 Å². The molecule has 2 rings (SSSR count). The minimum Gasteiger partial charge on any atom is -0.493 e. The summed E-state index contributed by atoms with van der Waals surface area (Å²) < 4.78 is 10.4. The zero-order chi connectivity index (χ0) is 16.1. The molecule has 22 heavy (non-hydrogen) atoms. The van der Waals surface area contributed by atoms with Crippen LogP contribution in [0.3, 0.4) is 0 Å². The average Bonchev–Trinajstić information content (AvgIpc) is 2.55. The number of carbonyl (C=O) groups is 1. The molecule has 0 aromatic heterocycles. The van der Waals surface area contributed by atoms with Crippen LogP contribution in [0.5, 0.6) is 11.5 Å². The molecule has 2 aromatic rings. The summed E-state index contributed by atoms with van der Waals surface area (Å²) in [4.78, 5) is 13.5. The second-order valence-corrected chi connectivity index (χ2v) is 5.58. The van der Waals surface area contributed by atoms with E-state index in [1.54, 1.807) is 44.2 Å². The Hall–Kier alpha value is -2.14. The van der Waals surface area contributed by atoms with E-state index >= 15 is 0 Å². The molecule has 5 heteroatoms. The molecule has 0 saturated heterocycles. The van der Waals surface area contributed by atoms with Crippen LogP contribution in [0.2, 0.25) is 0 Å². The van der Waals surface area contributed by atoms with Crippen molar-refractivity contribution >= 4 is 23.4 Å². The maximum absolute atomic E-state index is 12.5. The van der Waals surface area contributed by atoms with Gasteiger partial charge in [-0.05, 0) is 43.0 Å². The molecule has 2 aromatic carbocycles. The smallest absolute Gasteiger partial charge is 0.255 e. The highest BCUT2D eigenvalue weighted by Crippen LogP contribution is 2.30. The fourth-order valence-corrected chi connectivity index (χ4v) is 2.52. The number of hydrogen-bond donors (Lipinski definition) is 1. The fourth-order valence-electron chi connectivity index (χ4n) is 2.09. The number of nitrogens with one attached hydrogen (secondary N) is 1. The van der Waals surface area contributed by atoms with E-state index in [9.17, 15) is 4.79 Å². The summed E-state index contributed by atoms with van der Waals surface area (Å²) in [5.74, 6) is 1.07. The van der Waals surface area contributed by atoms with Crippen molar-refractivity contribution in [2.45, 2.75) is 11.8 Å². The molecule has 0 spiro atoms. The number of hydrogen-bond acceptors (Lipinski definition) is 4. The third kappa shape index (κ3) is 3.54. The number of rotatable bonds is 5. The summed E-state index contributed by atoms with van der Waals surface area (Å²) in [5.41, 5.74) is 2.27. The van der Waals surface area contributed by atoms with Crippen molar-refractivity contribution < 1.29 is 14.3 Å². The topological polar surface area (TPSA) is 47.6 Å². The molecular weight excluding hydrogens is 298 g/mol. The zero-order valence-electron chi connectivity index (χ0n) is 13.1. The molecule has 4 nitrogen and oxygen atoms in total. The Morgan fingerprint density at radius 1 is 1.05 bits per heavy atom. The lowest BCUT2D eigenvalue weighted by atomic mass is 10.1. The Morgan fingerprint density at radius 2 is 1.77 bits per heavy atom. The first-order valence-corrected chi connectivity index (χ1v) is 7.99. The first-order valence-electron chi connectivity index (χ1n) is 6.77. The van der Waals surface area contributed by atoms with Gasteiger partial charge in [0.15, 0.2) is 11.5 Å². The summed E-state index contributed by atoms with van der Waals surface area (Å²) in [6.07, 6.45) is 1.99. The van der Waals surface area contributed by atoms with E-state index in [4.69, 9.17) is 9.47 Å². The highest BCUT2D eigenvalue weighted by atomic mass is 32.2. The predicted octanol–water partition coefficient (Wildman–Crippen LogP) is 3.99. The third-order valence-corrected chi connectivity index (χ3v) is 4.06. The number of benzene rings is 2. The van der Waals surface area contributed by atoms with Crippen LogP contribution in [0.1, 0.15) is 15.9 Å². The Kier molecular flexibility index (Phi) is 5.33. The van der Waals surface area contributed by atoms with Crippen molar-refractivity contribution in [3.05, 3.63) is 47.5 Å². The molecule has 0 aliphatic rings. The van der Waals surface area contributed by atoms with Crippen LogP contribution >= 0.6 is 11.8 Å². The largest absolute Gasteiger partial charge is 0.493 e. The summed E-state index contributed by atoms with van der Waals surface area (Å²) in [7, 11) is 3.14. The van der Waals surface area contributed by atoms with Gasteiger partial charge >= 0.3 is 0 Å². The lowest BCUT2D eigenvalue weighted by Crippen LogP contribution is -2.13. The van der Waals surface area contributed by atoms with Crippen LogP contribution in [0.25, 0.3) is 0 Å². The molecule has 116 valence electrons. The first kappa shape index (κ1) is 16.2. The first-order chi connectivity index (χ1) is 10.6. The van der Waals surface area contributed by atoms with Crippen molar-refractivity contribution in [1.82, 2.24) is 0 Å². The number of aryl methyl sites for hydroxylation is 1. The van der Waals surface area contributed by atoms with Crippen LogP contribution in [0.4, 0.5) is 5.69 Å². The van der Waals surface area contributed by atoms with Gasteiger partial charge in [-0.25, -0.2) is 0 Å². The van der Waals surface area contributed by atoms with Crippen LogP contribution in [-0.2, 0) is 0 Å². The summed E-state index contributed by atoms with van der Waals surface area (Å²) in [5, 5.41) is 2.89. The SMILES string of the molecule is COc1ccc(NC(=O)c2cc(SC)ccc2C)cc1OC. The maximum atomic E-state index is 12.5. The quantitative estimate of drug-likeness (QED) is 0.847. The van der Waals surface area contributed by atoms with Crippen LogP contribution in [0.15, 0.2) is 41.3 Å². The molecule has 1 N–H and O–H groups in total. The van der Waals surface area contributed by atoms with Crippen molar-refractivity contribution in [1.29, 1.82) is 0 Å². The highest BCUT2D eigenvalue weighted by Gasteiger charge is 2.12. The monoisotopic (exact) mass is 317 g/mol. The molecule has 0 atom stereocenters. The van der Waals surface area contributed by atoms with Gasteiger partial charge in [-0.2, -0.15) is 0 Å². The lowest BCUT2D eigenvalue weighted by molar-refractivity contribution is 0.102. The fraction of sp³-hybridized carbons (Fsp3) is 0.235. The minimum atomic E-state index is -0.138. The Bertz CT molecular complexity index is 686. The number of methoxy groups -OCH3 is 2. The molecule has 1 amide bonds. The molecule has 0 unspecified atom stereocenters. The molecule has 0 saturated carbocycles. The number of carbonyl (C=O) groups excluding carboxylic acids is 1. The van der Waals surface area contributed by atoms with Gasteiger partial charge in [0.05, 0.1) is 14.2 Å². The third-order valence-electron chi connectivity index (χ3n) is 3.33. The van der Waals surface area contributed by atoms with E-state index in [2.05, 4.69) is 5.32 Å². The second kappa shape index (κ2) is 7.22. The predicted molar refractivity (Wildman–Crippen MR) is 90.5 cm³/mol. The van der Waals surface area contributed by atoms with E-state index in [0.717, 1.165) is 10.5 Å². The normalized spacial score (nSPS) is 10.2. The van der Waals surface area contributed by atoms with Crippen LogP contribution < -0.4 is 14.8 Å². The summed E-state index contributed by atoms with van der Waals surface area (Å²) in [6.45, 7) is 1.92. The molecule has 0 radical (unpaired) electrons. The van der Waals surface area contributed by atoms with Gasteiger partial charge in [0.1, 0.15) is 0 Å². The molecular formula is C17H19NO3S. The lowest BCUT2D eigenvalue weighted by Gasteiger charge is -2.12. The van der Waals surface area contributed by atoms with Crippen LogP contribution in [0, 0.1) is 6.92 Å². The van der Waals surface area contributed by atoms with Gasteiger partial charge in [-0.1, -0.05) is 6.07 Å². The highest BCUT2D eigenvalue weighted by molar-refractivity contribution is 7.98. The number of amides is 1. The Balaban J connectivity index is 2.25. The molecule has 0 bridgehead atoms. The van der Waals surface area contributed by atoms with E-state index in [0.29, 0.717) is 22.7 Å². The van der Waals surface area contributed by atoms with Crippen LogP contribution in [-0.4, -0.2) is 26.4 Å². The average molecular weight is 317 g/mol. The standard InChI is InChI=1S/C17H19NO3S/c1-11-5-7-13(22-4)10-14(11)17(19)18-12-6-8-15(20-2)16(9-12)21-3/h5-10H,1-4H3,(H,18,19). The molecule has 0 fully saturated rings. The van der Waals surface area contributed by atoms with E-state index in [1.165, 1.54) is 0 Å². The second-order valence-electron chi connectivity index (χ2n) is 4.70. The maximum Gasteiger partial charge on any atom is 0.255 e. The van der Waals surface area contributed by atoms with Crippen molar-refractivity contribution in [2.24, 2.45) is 0 Å². The molecule has 0 heterocycles. The molecule has 0 aliphatic heterocycles. The number of thioether (sulfide) groups is 1. The van der Waals surface area contributed by atoms with Gasteiger partial charge in [0.2, 0.25) is 0 Å².